The van der Waals surface area contributed by atoms with Crippen LogP contribution >= 0.6 is 35.3 Å². The Morgan fingerprint density at radius 1 is 1.26 bits per heavy atom. The van der Waals surface area contributed by atoms with Gasteiger partial charge in [-0.1, -0.05) is 0 Å². The van der Waals surface area contributed by atoms with Gasteiger partial charge in [0.25, 0.3) is 0 Å². The third-order valence-electron chi connectivity index (χ3n) is 3.83. The Bertz CT molecular complexity index is 802. The molecule has 1 aliphatic rings. The summed E-state index contributed by atoms with van der Waals surface area (Å²) in [6.45, 7) is 0.0499. The molecule has 3 rings (SSSR count). The van der Waals surface area contributed by atoms with Gasteiger partial charge in [-0.15, -0.1) is 35.3 Å². The summed E-state index contributed by atoms with van der Waals surface area (Å²) in [6, 6.07) is 5.10. The third kappa shape index (κ3) is 5.58. The molecule has 1 aromatic carbocycles. The molecule has 10 heteroatoms. The minimum atomic E-state index is -2.92. The lowest BCUT2D eigenvalue weighted by Crippen LogP contribution is -2.36. The van der Waals surface area contributed by atoms with Gasteiger partial charge in [-0.25, -0.2) is 0 Å². The van der Waals surface area contributed by atoms with Gasteiger partial charge in [0, 0.05) is 30.1 Å². The van der Waals surface area contributed by atoms with Crippen LogP contribution < -0.4 is 24.8 Å². The molecule has 2 N–H and O–H groups in total. The van der Waals surface area contributed by atoms with Gasteiger partial charge in [0.2, 0.25) is 6.79 Å². The molecule has 1 aromatic heterocycles. The number of thiophene rings is 1. The van der Waals surface area contributed by atoms with E-state index in [0.717, 1.165) is 0 Å². The lowest BCUT2D eigenvalue weighted by molar-refractivity contribution is -0.0505. The molecule has 2 heterocycles. The van der Waals surface area contributed by atoms with E-state index in [2.05, 4.69) is 26.4 Å². The van der Waals surface area contributed by atoms with Gasteiger partial charge in [0.15, 0.2) is 17.5 Å². The molecule has 0 spiro atoms. The van der Waals surface area contributed by atoms with Gasteiger partial charge in [-0.3, -0.25) is 4.99 Å². The van der Waals surface area contributed by atoms with Crippen LogP contribution in [-0.2, 0) is 13.1 Å². The van der Waals surface area contributed by atoms with Crippen molar-refractivity contribution >= 4 is 41.3 Å². The average Bonchev–Trinajstić information content (AvgIpc) is 3.22. The van der Waals surface area contributed by atoms with Crippen molar-refractivity contribution in [2.45, 2.75) is 26.6 Å². The fourth-order valence-corrected chi connectivity index (χ4v) is 3.30. The molecule has 1 aliphatic heterocycles. The summed E-state index contributed by atoms with van der Waals surface area (Å²) in [7, 11) is 1.65. The monoisotopic (exact) mass is 511 g/mol. The number of rotatable bonds is 6. The van der Waals surface area contributed by atoms with E-state index in [1.807, 2.05) is 12.3 Å². The number of hydrogen-bond donors (Lipinski definition) is 2. The number of benzene rings is 1. The minimum absolute atomic E-state index is 0. The Morgan fingerprint density at radius 3 is 2.59 bits per heavy atom. The van der Waals surface area contributed by atoms with E-state index in [1.165, 1.54) is 16.5 Å². The van der Waals surface area contributed by atoms with Gasteiger partial charge in [-0.05, 0) is 30.0 Å². The lowest BCUT2D eigenvalue weighted by atomic mass is 10.1. The largest absolute Gasteiger partial charge is 0.454 e. The number of ether oxygens (including phenoxy) is 3. The Kier molecular flexibility index (Phi) is 7.90. The third-order valence-corrected chi connectivity index (χ3v) is 4.85. The molecular weight excluding hydrogens is 491 g/mol. The Balaban J connectivity index is 0.00000261. The van der Waals surface area contributed by atoms with E-state index in [4.69, 9.17) is 9.47 Å². The maximum Gasteiger partial charge on any atom is 0.387 e. The van der Waals surface area contributed by atoms with Crippen LogP contribution in [0.5, 0.6) is 17.2 Å². The number of aliphatic imine (C=N–C) groups is 1. The summed E-state index contributed by atoms with van der Waals surface area (Å²) in [5.74, 6) is 1.49. The lowest BCUT2D eigenvalue weighted by Gasteiger charge is -2.15. The van der Waals surface area contributed by atoms with Gasteiger partial charge in [0.1, 0.15) is 5.75 Å². The molecule has 0 saturated carbocycles. The zero-order valence-corrected chi connectivity index (χ0v) is 17.9. The van der Waals surface area contributed by atoms with Crippen molar-refractivity contribution in [2.24, 2.45) is 4.99 Å². The molecule has 0 bridgehead atoms. The highest BCUT2D eigenvalue weighted by Crippen LogP contribution is 2.38. The summed E-state index contributed by atoms with van der Waals surface area (Å²) in [5.41, 5.74) is 1.73. The minimum Gasteiger partial charge on any atom is -0.454 e. The van der Waals surface area contributed by atoms with Crippen molar-refractivity contribution < 1.29 is 23.0 Å². The van der Waals surface area contributed by atoms with Crippen molar-refractivity contribution in [3.8, 4) is 17.2 Å². The number of nitrogens with one attached hydrogen (secondary N) is 2. The summed E-state index contributed by atoms with van der Waals surface area (Å²) in [6.07, 6.45) is 0. The molecule has 27 heavy (non-hydrogen) atoms. The van der Waals surface area contributed by atoms with Crippen LogP contribution in [0, 0.1) is 6.92 Å². The van der Waals surface area contributed by atoms with Crippen molar-refractivity contribution in [3.05, 3.63) is 39.6 Å². The zero-order valence-electron chi connectivity index (χ0n) is 14.8. The van der Waals surface area contributed by atoms with Crippen molar-refractivity contribution in [1.29, 1.82) is 0 Å². The first kappa shape index (κ1) is 21.5. The molecule has 0 saturated heterocycles. The fraction of sp³-hybridized carbons (Fsp3) is 0.353. The summed E-state index contributed by atoms with van der Waals surface area (Å²) in [5, 5.41) is 8.33. The molecule has 0 atom stereocenters. The first-order valence-corrected chi connectivity index (χ1v) is 8.79. The van der Waals surface area contributed by atoms with Crippen LogP contribution in [0.1, 0.15) is 16.0 Å². The molecule has 2 aromatic rings. The van der Waals surface area contributed by atoms with Gasteiger partial charge < -0.3 is 24.8 Å². The highest BCUT2D eigenvalue weighted by atomic mass is 127. The zero-order chi connectivity index (χ0) is 18.5. The predicted octanol–water partition coefficient (Wildman–Crippen LogP) is 3.87. The highest BCUT2D eigenvalue weighted by Gasteiger charge is 2.20. The Morgan fingerprint density at radius 2 is 1.96 bits per heavy atom. The Hall–Kier alpha value is -1.82. The highest BCUT2D eigenvalue weighted by molar-refractivity contribution is 14.0. The maximum absolute atomic E-state index is 12.7. The number of hydrogen-bond acceptors (Lipinski definition) is 5. The topological polar surface area (TPSA) is 64.1 Å². The van der Waals surface area contributed by atoms with Crippen molar-refractivity contribution in [2.75, 3.05) is 13.8 Å². The van der Waals surface area contributed by atoms with Crippen LogP contribution in [0.25, 0.3) is 0 Å². The van der Waals surface area contributed by atoms with Gasteiger partial charge in [-0.2, -0.15) is 8.78 Å². The van der Waals surface area contributed by atoms with Crippen LogP contribution in [0.15, 0.2) is 28.6 Å². The molecular formula is C17H20F2IN3O3S. The standard InChI is InChI=1S/C17H19F2N3O3S.HI/c1-10-3-4-26-15(10)8-22-17(20-2)21-7-11-5-13-14(24-9-23-13)6-12(11)25-16(18)19;/h3-6,16H,7-9H2,1-2H3,(H2,20,21,22);1H. The number of aryl methyl sites for hydroxylation is 1. The van der Waals surface area contributed by atoms with Crippen LogP contribution in [0.4, 0.5) is 8.78 Å². The first-order chi connectivity index (χ1) is 12.6. The quantitative estimate of drug-likeness (QED) is 0.351. The SMILES string of the molecule is CN=C(NCc1cc2c(cc1OC(F)F)OCO2)NCc1sccc1C.I. The molecule has 0 aliphatic carbocycles. The smallest absolute Gasteiger partial charge is 0.387 e. The molecule has 0 amide bonds. The number of guanidine groups is 1. The molecule has 0 fully saturated rings. The van der Waals surface area contributed by atoms with E-state index in [9.17, 15) is 8.78 Å². The van der Waals surface area contributed by atoms with Crippen LogP contribution in [0.2, 0.25) is 0 Å². The maximum atomic E-state index is 12.7. The van der Waals surface area contributed by atoms with Crippen molar-refractivity contribution in [1.82, 2.24) is 10.6 Å². The van der Waals surface area contributed by atoms with Gasteiger partial charge >= 0.3 is 6.61 Å². The summed E-state index contributed by atoms with van der Waals surface area (Å²) >= 11 is 1.66. The molecule has 0 radical (unpaired) electrons. The summed E-state index contributed by atoms with van der Waals surface area (Å²) in [4.78, 5) is 5.36. The predicted molar refractivity (Wildman–Crippen MR) is 111 cm³/mol. The van der Waals surface area contributed by atoms with Crippen molar-refractivity contribution in [3.63, 3.8) is 0 Å². The van der Waals surface area contributed by atoms with E-state index in [0.29, 0.717) is 29.6 Å². The van der Waals surface area contributed by atoms with Crippen LogP contribution in [0.3, 0.4) is 0 Å². The van der Waals surface area contributed by atoms with Gasteiger partial charge in [0.05, 0.1) is 6.54 Å². The fourth-order valence-electron chi connectivity index (χ4n) is 2.46. The van der Waals surface area contributed by atoms with E-state index in [-0.39, 0.29) is 43.1 Å². The normalized spacial score (nSPS) is 12.7. The number of fused-ring (bicyclic) bond motifs is 1. The molecule has 6 nitrogen and oxygen atoms in total. The number of halogens is 3. The number of alkyl halides is 2. The Labute approximate surface area is 176 Å². The second-order valence-electron chi connectivity index (χ2n) is 5.50. The number of nitrogens with zero attached hydrogens (tertiary/aromatic N) is 1. The van der Waals surface area contributed by atoms with E-state index in [1.54, 1.807) is 24.5 Å². The second kappa shape index (κ2) is 9.93. The molecule has 0 unspecified atom stereocenters. The molecule has 148 valence electrons. The van der Waals surface area contributed by atoms with Crippen LogP contribution in [-0.4, -0.2) is 26.4 Å². The first-order valence-electron chi connectivity index (χ1n) is 7.91. The summed E-state index contributed by atoms with van der Waals surface area (Å²) < 4.78 is 40.5. The second-order valence-corrected chi connectivity index (χ2v) is 6.50. The average molecular weight is 511 g/mol. The van der Waals surface area contributed by atoms with E-state index < -0.39 is 6.61 Å². The van der Waals surface area contributed by atoms with E-state index >= 15 is 0 Å².